The van der Waals surface area contributed by atoms with E-state index in [4.69, 9.17) is 9.84 Å². The zero-order chi connectivity index (χ0) is 11.4. The van der Waals surface area contributed by atoms with Crippen LogP contribution in [0, 0.1) is 11.8 Å². The van der Waals surface area contributed by atoms with Crippen LogP contribution in [0.3, 0.4) is 0 Å². The van der Waals surface area contributed by atoms with E-state index in [1.54, 1.807) is 6.92 Å². The molecule has 5 nitrogen and oxygen atoms in total. The Bertz CT molecular complexity index is 250. The van der Waals surface area contributed by atoms with Gasteiger partial charge in [0.25, 0.3) is 0 Å². The molecule has 1 fully saturated rings. The number of carboxylic acid groups (broad SMARTS) is 1. The van der Waals surface area contributed by atoms with Gasteiger partial charge in [-0.1, -0.05) is 0 Å². The number of carbonyl (C=O) groups is 2. The highest BCUT2D eigenvalue weighted by molar-refractivity contribution is 5.75. The molecule has 3 atom stereocenters. The first-order chi connectivity index (χ1) is 7.04. The van der Waals surface area contributed by atoms with Crippen LogP contribution in [0.5, 0.6) is 0 Å². The van der Waals surface area contributed by atoms with Crippen LogP contribution >= 0.6 is 0 Å². The van der Waals surface area contributed by atoms with Crippen molar-refractivity contribution in [1.82, 2.24) is 0 Å². The molecule has 1 rings (SSSR count). The second kappa shape index (κ2) is 5.11. The molecule has 5 heteroatoms. The quantitative estimate of drug-likeness (QED) is 0.667. The van der Waals surface area contributed by atoms with E-state index < -0.39 is 29.9 Å². The van der Waals surface area contributed by atoms with Crippen LogP contribution < -0.4 is 0 Å². The summed E-state index contributed by atoms with van der Waals surface area (Å²) in [5.41, 5.74) is 0. The van der Waals surface area contributed by atoms with Crippen LogP contribution in [0.25, 0.3) is 0 Å². The summed E-state index contributed by atoms with van der Waals surface area (Å²) in [5.74, 6) is -2.47. The minimum atomic E-state index is -0.956. The summed E-state index contributed by atoms with van der Waals surface area (Å²) in [6.07, 6.45) is 0.0910. The fourth-order valence-electron chi connectivity index (χ4n) is 1.94. The minimum Gasteiger partial charge on any atom is -0.481 e. The highest BCUT2D eigenvalue weighted by Gasteiger charge is 2.36. The molecule has 0 aromatic rings. The molecule has 0 heterocycles. The van der Waals surface area contributed by atoms with Crippen molar-refractivity contribution in [3.63, 3.8) is 0 Å². The van der Waals surface area contributed by atoms with Gasteiger partial charge in [0.15, 0.2) is 0 Å². The first-order valence-corrected chi connectivity index (χ1v) is 5.12. The Morgan fingerprint density at radius 3 is 2.40 bits per heavy atom. The van der Waals surface area contributed by atoms with Crippen molar-refractivity contribution >= 4 is 11.9 Å². The maximum atomic E-state index is 11.4. The number of aliphatic carboxylic acids is 1. The van der Waals surface area contributed by atoms with Crippen LogP contribution in [0.2, 0.25) is 0 Å². The molecule has 1 aliphatic rings. The molecule has 0 aliphatic heterocycles. The molecule has 1 saturated carbocycles. The fourth-order valence-corrected chi connectivity index (χ4v) is 1.94. The molecule has 0 amide bonds. The van der Waals surface area contributed by atoms with Gasteiger partial charge in [-0.15, -0.1) is 0 Å². The van der Waals surface area contributed by atoms with E-state index in [-0.39, 0.29) is 19.4 Å². The zero-order valence-corrected chi connectivity index (χ0v) is 8.68. The van der Waals surface area contributed by atoms with Gasteiger partial charge >= 0.3 is 11.9 Å². The Morgan fingerprint density at radius 2 is 1.87 bits per heavy atom. The maximum Gasteiger partial charge on any atom is 0.309 e. The summed E-state index contributed by atoms with van der Waals surface area (Å²) in [7, 11) is 0. The summed E-state index contributed by atoms with van der Waals surface area (Å²) in [6.45, 7) is 1.98. The number of aliphatic hydroxyl groups is 1. The molecule has 0 saturated heterocycles. The van der Waals surface area contributed by atoms with Gasteiger partial charge in [0.1, 0.15) is 0 Å². The average molecular weight is 216 g/mol. The van der Waals surface area contributed by atoms with Gasteiger partial charge in [-0.2, -0.15) is 0 Å². The summed E-state index contributed by atoms with van der Waals surface area (Å²) in [5, 5.41) is 18.3. The van der Waals surface area contributed by atoms with Gasteiger partial charge in [-0.25, -0.2) is 0 Å². The maximum absolute atomic E-state index is 11.4. The van der Waals surface area contributed by atoms with Crippen molar-refractivity contribution in [2.45, 2.75) is 32.3 Å². The highest BCUT2D eigenvalue weighted by Crippen LogP contribution is 2.30. The monoisotopic (exact) mass is 216 g/mol. The Hall–Kier alpha value is -1.10. The lowest BCUT2D eigenvalue weighted by Crippen LogP contribution is -2.35. The van der Waals surface area contributed by atoms with Gasteiger partial charge in [-0.3, -0.25) is 9.59 Å². The van der Waals surface area contributed by atoms with Crippen LogP contribution in [0.15, 0.2) is 0 Å². The van der Waals surface area contributed by atoms with Crippen LogP contribution in [-0.4, -0.2) is 34.9 Å². The van der Waals surface area contributed by atoms with Crippen molar-refractivity contribution in [2.24, 2.45) is 11.8 Å². The van der Waals surface area contributed by atoms with Gasteiger partial charge in [0.2, 0.25) is 0 Å². The Morgan fingerprint density at radius 1 is 1.27 bits per heavy atom. The van der Waals surface area contributed by atoms with Crippen LogP contribution in [0.1, 0.15) is 26.2 Å². The number of carboxylic acids is 1. The molecule has 3 unspecified atom stereocenters. The molecule has 86 valence electrons. The molecule has 0 spiro atoms. The number of aliphatic hydroxyl groups excluding tert-OH is 1. The van der Waals surface area contributed by atoms with Gasteiger partial charge in [0.05, 0.1) is 24.5 Å². The van der Waals surface area contributed by atoms with Crippen molar-refractivity contribution < 1.29 is 24.5 Å². The minimum absolute atomic E-state index is 0.227. The smallest absolute Gasteiger partial charge is 0.309 e. The van der Waals surface area contributed by atoms with E-state index in [9.17, 15) is 14.7 Å². The Kier molecular flexibility index (Phi) is 4.08. The second-order valence-corrected chi connectivity index (χ2v) is 3.85. The predicted molar refractivity (Wildman–Crippen MR) is 51.1 cm³/mol. The Balaban J connectivity index is 2.58. The summed E-state index contributed by atoms with van der Waals surface area (Å²) in [6, 6.07) is 0. The van der Waals surface area contributed by atoms with E-state index in [1.807, 2.05) is 0 Å². The number of carbonyl (C=O) groups excluding carboxylic acids is 1. The van der Waals surface area contributed by atoms with Crippen LogP contribution in [0.4, 0.5) is 0 Å². The first-order valence-electron chi connectivity index (χ1n) is 5.12. The van der Waals surface area contributed by atoms with Gasteiger partial charge in [-0.05, 0) is 26.2 Å². The second-order valence-electron chi connectivity index (χ2n) is 3.85. The van der Waals surface area contributed by atoms with Crippen LogP contribution in [-0.2, 0) is 14.3 Å². The lowest BCUT2D eigenvalue weighted by atomic mass is 9.80. The summed E-state index contributed by atoms with van der Waals surface area (Å²) in [4.78, 5) is 22.1. The van der Waals surface area contributed by atoms with Crippen molar-refractivity contribution in [1.29, 1.82) is 0 Å². The van der Waals surface area contributed by atoms with E-state index in [0.29, 0.717) is 6.42 Å². The lowest BCUT2D eigenvalue weighted by Gasteiger charge is -2.28. The number of ether oxygens (including phenoxy) is 1. The van der Waals surface area contributed by atoms with E-state index in [1.165, 1.54) is 0 Å². The Labute approximate surface area is 88.0 Å². The van der Waals surface area contributed by atoms with Crippen molar-refractivity contribution in [3.05, 3.63) is 0 Å². The van der Waals surface area contributed by atoms with Crippen molar-refractivity contribution in [2.75, 3.05) is 6.61 Å². The molecule has 2 N–H and O–H groups in total. The van der Waals surface area contributed by atoms with Gasteiger partial charge < -0.3 is 14.9 Å². The number of rotatable bonds is 3. The molecule has 15 heavy (non-hydrogen) atoms. The van der Waals surface area contributed by atoms with E-state index >= 15 is 0 Å². The topological polar surface area (TPSA) is 83.8 Å². The molecular weight excluding hydrogens is 200 g/mol. The molecule has 0 bridgehead atoms. The summed E-state index contributed by atoms with van der Waals surface area (Å²) >= 11 is 0. The average Bonchev–Trinajstić information content (AvgIpc) is 2.17. The molecule has 0 radical (unpaired) electrons. The summed E-state index contributed by atoms with van der Waals surface area (Å²) < 4.78 is 4.81. The largest absolute Gasteiger partial charge is 0.481 e. The number of hydrogen-bond acceptors (Lipinski definition) is 4. The van der Waals surface area contributed by atoms with E-state index in [0.717, 1.165) is 0 Å². The predicted octanol–water partition coefficient (Wildman–Crippen LogP) is 0.411. The molecule has 0 aromatic heterocycles. The SMILES string of the molecule is CCOC(=O)C1CC(O)CC(C(=O)O)C1. The first kappa shape index (κ1) is 12.0. The fraction of sp³-hybridized carbons (Fsp3) is 0.800. The van der Waals surface area contributed by atoms with Gasteiger partial charge in [0, 0.05) is 0 Å². The number of esters is 1. The molecular formula is C10H16O5. The molecule has 0 aromatic carbocycles. The normalized spacial score (nSPS) is 30.9. The third-order valence-corrected chi connectivity index (χ3v) is 2.65. The zero-order valence-electron chi connectivity index (χ0n) is 8.68. The standard InChI is InChI=1S/C10H16O5/c1-2-15-10(14)7-3-6(9(12)13)4-8(11)5-7/h6-8,11H,2-5H2,1H3,(H,12,13). The van der Waals surface area contributed by atoms with E-state index in [2.05, 4.69) is 0 Å². The number of hydrogen-bond donors (Lipinski definition) is 2. The highest BCUT2D eigenvalue weighted by atomic mass is 16.5. The molecule has 1 aliphatic carbocycles. The third-order valence-electron chi connectivity index (χ3n) is 2.65. The lowest BCUT2D eigenvalue weighted by molar-refractivity contribution is -0.154. The third kappa shape index (κ3) is 3.20. The van der Waals surface area contributed by atoms with Crippen molar-refractivity contribution in [3.8, 4) is 0 Å².